The monoisotopic (exact) mass is 267 g/mol. The predicted octanol–water partition coefficient (Wildman–Crippen LogP) is 3.28. The Bertz CT molecular complexity index is 288. The van der Waals surface area contributed by atoms with Crippen molar-refractivity contribution in [1.29, 1.82) is 0 Å². The molecule has 2 aliphatic rings. The van der Waals surface area contributed by atoms with Gasteiger partial charge in [0.15, 0.2) is 0 Å². The van der Waals surface area contributed by atoms with E-state index in [4.69, 9.17) is 4.74 Å². The summed E-state index contributed by atoms with van der Waals surface area (Å²) in [5.41, 5.74) is 0. The van der Waals surface area contributed by atoms with E-state index in [0.29, 0.717) is 18.7 Å². The molecule has 2 rings (SSSR count). The molecule has 0 aromatic heterocycles. The second-order valence-corrected chi connectivity index (χ2v) is 6.26. The van der Waals surface area contributed by atoms with Gasteiger partial charge in [-0.05, 0) is 44.9 Å². The third kappa shape index (κ3) is 4.79. The van der Waals surface area contributed by atoms with Crippen LogP contribution in [0.15, 0.2) is 0 Å². The molecule has 0 aliphatic heterocycles. The minimum absolute atomic E-state index is 0.0178. The van der Waals surface area contributed by atoms with E-state index in [9.17, 15) is 4.79 Å². The van der Waals surface area contributed by atoms with E-state index in [1.54, 1.807) is 0 Å². The van der Waals surface area contributed by atoms with Gasteiger partial charge in [-0.3, -0.25) is 4.79 Å². The number of carbonyl (C=O) groups is 1. The lowest BCUT2D eigenvalue weighted by Gasteiger charge is -2.31. The van der Waals surface area contributed by atoms with Gasteiger partial charge in [0.25, 0.3) is 0 Å². The lowest BCUT2D eigenvalue weighted by Crippen LogP contribution is -2.42. The number of carbonyl (C=O) groups excluding carboxylic acids is 1. The van der Waals surface area contributed by atoms with Crippen LogP contribution in [0, 0.1) is 11.8 Å². The molecule has 2 fully saturated rings. The molecule has 0 radical (unpaired) electrons. The van der Waals surface area contributed by atoms with Crippen molar-refractivity contribution in [2.75, 3.05) is 6.61 Å². The minimum atomic E-state index is 0.0178. The third-order valence-corrected chi connectivity index (χ3v) is 4.57. The Morgan fingerprint density at radius 1 is 1.26 bits per heavy atom. The average Bonchev–Trinajstić information content (AvgIpc) is 3.22. The molecule has 0 spiro atoms. The van der Waals surface area contributed by atoms with Crippen LogP contribution in [0.2, 0.25) is 0 Å². The lowest BCUT2D eigenvalue weighted by molar-refractivity contribution is -0.149. The fraction of sp³-hybridized carbons (Fsp3) is 0.938. The molecule has 110 valence electrons. The first-order valence-electron chi connectivity index (χ1n) is 8.15. The molecule has 0 heterocycles. The molecule has 3 heteroatoms. The van der Waals surface area contributed by atoms with E-state index in [1.165, 1.54) is 32.1 Å². The standard InChI is InChI=1S/C16H29NO2/c1-3-14(10-12-8-9-12)17-15-7-5-6-13(11-15)16(18)19-4-2/h12-15,17H,3-11H2,1-2H3. The summed E-state index contributed by atoms with van der Waals surface area (Å²) in [6, 6.07) is 1.17. The van der Waals surface area contributed by atoms with E-state index in [0.717, 1.165) is 25.2 Å². The molecule has 3 unspecified atom stereocenters. The molecule has 19 heavy (non-hydrogen) atoms. The summed E-state index contributed by atoms with van der Waals surface area (Å²) in [7, 11) is 0. The Labute approximate surface area is 117 Å². The topological polar surface area (TPSA) is 38.3 Å². The van der Waals surface area contributed by atoms with Crippen molar-refractivity contribution in [3.8, 4) is 0 Å². The number of esters is 1. The van der Waals surface area contributed by atoms with Crippen LogP contribution in [-0.2, 0) is 9.53 Å². The molecule has 0 amide bonds. The fourth-order valence-electron chi connectivity index (χ4n) is 3.26. The zero-order chi connectivity index (χ0) is 13.7. The molecule has 3 nitrogen and oxygen atoms in total. The van der Waals surface area contributed by atoms with Gasteiger partial charge in [0.1, 0.15) is 0 Å². The summed E-state index contributed by atoms with van der Waals surface area (Å²) in [6.45, 7) is 4.66. The molecule has 0 bridgehead atoms. The smallest absolute Gasteiger partial charge is 0.308 e. The normalized spacial score (nSPS) is 28.9. The molecule has 3 atom stereocenters. The van der Waals surface area contributed by atoms with Crippen molar-refractivity contribution >= 4 is 5.97 Å². The number of ether oxygens (including phenoxy) is 1. The summed E-state index contributed by atoms with van der Waals surface area (Å²) in [6.07, 6.45) is 9.74. The molecule has 2 aliphatic carbocycles. The fourth-order valence-corrected chi connectivity index (χ4v) is 3.26. The SMILES string of the molecule is CCOC(=O)C1CCCC(NC(CC)CC2CC2)C1. The van der Waals surface area contributed by atoms with Crippen LogP contribution in [0.4, 0.5) is 0 Å². The molecule has 0 aromatic carbocycles. The third-order valence-electron chi connectivity index (χ3n) is 4.57. The summed E-state index contributed by atoms with van der Waals surface area (Å²) in [4.78, 5) is 11.8. The van der Waals surface area contributed by atoms with Crippen LogP contribution in [-0.4, -0.2) is 24.7 Å². The Kier molecular flexibility index (Phi) is 5.68. The highest BCUT2D eigenvalue weighted by Crippen LogP contribution is 2.34. The lowest BCUT2D eigenvalue weighted by atomic mass is 9.85. The van der Waals surface area contributed by atoms with Gasteiger partial charge < -0.3 is 10.1 Å². The van der Waals surface area contributed by atoms with Crippen LogP contribution in [0.1, 0.15) is 65.2 Å². The number of nitrogens with one attached hydrogen (secondary N) is 1. The number of hydrogen-bond donors (Lipinski definition) is 1. The van der Waals surface area contributed by atoms with E-state index in [2.05, 4.69) is 12.2 Å². The van der Waals surface area contributed by atoms with Gasteiger partial charge in [0.05, 0.1) is 12.5 Å². The van der Waals surface area contributed by atoms with E-state index in [-0.39, 0.29) is 11.9 Å². The van der Waals surface area contributed by atoms with Gasteiger partial charge in [0.2, 0.25) is 0 Å². The first-order valence-corrected chi connectivity index (χ1v) is 8.15. The predicted molar refractivity (Wildman–Crippen MR) is 76.9 cm³/mol. The van der Waals surface area contributed by atoms with Gasteiger partial charge in [-0.15, -0.1) is 0 Å². The highest BCUT2D eigenvalue weighted by molar-refractivity contribution is 5.72. The maximum atomic E-state index is 11.8. The maximum absolute atomic E-state index is 11.8. The largest absolute Gasteiger partial charge is 0.466 e. The Morgan fingerprint density at radius 3 is 2.68 bits per heavy atom. The average molecular weight is 267 g/mol. The minimum Gasteiger partial charge on any atom is -0.466 e. The van der Waals surface area contributed by atoms with E-state index >= 15 is 0 Å². The van der Waals surface area contributed by atoms with E-state index in [1.807, 2.05) is 6.92 Å². The van der Waals surface area contributed by atoms with Gasteiger partial charge in [-0.2, -0.15) is 0 Å². The Morgan fingerprint density at radius 2 is 2.05 bits per heavy atom. The van der Waals surface area contributed by atoms with Crippen molar-refractivity contribution in [2.24, 2.45) is 11.8 Å². The maximum Gasteiger partial charge on any atom is 0.308 e. The van der Waals surface area contributed by atoms with Crippen LogP contribution < -0.4 is 5.32 Å². The number of rotatable bonds is 7. The van der Waals surface area contributed by atoms with Gasteiger partial charge in [-0.25, -0.2) is 0 Å². The van der Waals surface area contributed by atoms with Crippen molar-refractivity contribution in [2.45, 2.75) is 77.3 Å². The Hall–Kier alpha value is -0.570. The van der Waals surface area contributed by atoms with Crippen molar-refractivity contribution in [1.82, 2.24) is 5.32 Å². The van der Waals surface area contributed by atoms with Crippen LogP contribution in [0.3, 0.4) is 0 Å². The van der Waals surface area contributed by atoms with Gasteiger partial charge in [-0.1, -0.05) is 26.2 Å². The molecular weight excluding hydrogens is 238 g/mol. The first kappa shape index (κ1) is 14.8. The number of hydrogen-bond acceptors (Lipinski definition) is 3. The van der Waals surface area contributed by atoms with Gasteiger partial charge in [0, 0.05) is 12.1 Å². The van der Waals surface area contributed by atoms with Crippen LogP contribution in [0.5, 0.6) is 0 Å². The molecule has 2 saturated carbocycles. The molecule has 0 aromatic rings. The summed E-state index contributed by atoms with van der Waals surface area (Å²) < 4.78 is 5.17. The zero-order valence-electron chi connectivity index (χ0n) is 12.5. The van der Waals surface area contributed by atoms with E-state index < -0.39 is 0 Å². The summed E-state index contributed by atoms with van der Waals surface area (Å²) >= 11 is 0. The highest BCUT2D eigenvalue weighted by Gasteiger charge is 2.30. The molecular formula is C16H29NO2. The quantitative estimate of drug-likeness (QED) is 0.719. The van der Waals surface area contributed by atoms with Crippen molar-refractivity contribution in [3.05, 3.63) is 0 Å². The van der Waals surface area contributed by atoms with Crippen LogP contribution in [0.25, 0.3) is 0 Å². The van der Waals surface area contributed by atoms with Crippen molar-refractivity contribution < 1.29 is 9.53 Å². The second-order valence-electron chi connectivity index (χ2n) is 6.26. The summed E-state index contributed by atoms with van der Waals surface area (Å²) in [5, 5.41) is 3.80. The highest BCUT2D eigenvalue weighted by atomic mass is 16.5. The second kappa shape index (κ2) is 7.28. The molecule has 0 saturated heterocycles. The first-order chi connectivity index (χ1) is 9.22. The Balaban J connectivity index is 1.77. The van der Waals surface area contributed by atoms with Gasteiger partial charge >= 0.3 is 5.97 Å². The summed E-state index contributed by atoms with van der Waals surface area (Å²) in [5.74, 6) is 1.12. The van der Waals surface area contributed by atoms with Crippen LogP contribution >= 0.6 is 0 Å². The zero-order valence-corrected chi connectivity index (χ0v) is 12.5. The molecule has 1 N–H and O–H groups in total. The van der Waals surface area contributed by atoms with Crippen molar-refractivity contribution in [3.63, 3.8) is 0 Å².